The molecule has 1 aromatic rings. The molecule has 102 valence electrons. The van der Waals surface area contributed by atoms with E-state index in [2.05, 4.69) is 14.9 Å². The predicted molar refractivity (Wildman–Crippen MR) is 69.9 cm³/mol. The molecule has 0 spiro atoms. The maximum absolute atomic E-state index is 5.81. The number of ether oxygens (including phenoxy) is 2. The van der Waals surface area contributed by atoms with E-state index in [1.54, 1.807) is 20.4 Å². The predicted octanol–water partition coefficient (Wildman–Crippen LogP) is -0.264. The van der Waals surface area contributed by atoms with Crippen LogP contribution in [0.1, 0.15) is 5.56 Å². The topological polar surface area (TPSA) is 99.5 Å². The molecule has 0 atom stereocenters. The zero-order chi connectivity index (χ0) is 13.4. The quantitative estimate of drug-likeness (QED) is 0.660. The summed E-state index contributed by atoms with van der Waals surface area (Å²) in [6, 6.07) is 0. The van der Waals surface area contributed by atoms with Gasteiger partial charge in [0.25, 0.3) is 0 Å². The zero-order valence-corrected chi connectivity index (χ0v) is 10.9. The summed E-state index contributed by atoms with van der Waals surface area (Å²) in [5.41, 5.74) is 12.1. The van der Waals surface area contributed by atoms with Crippen LogP contribution in [0.3, 0.4) is 0 Å². The van der Waals surface area contributed by atoms with E-state index in [-0.39, 0.29) is 5.95 Å². The first-order chi connectivity index (χ1) is 8.67. The minimum Gasteiger partial charge on any atom is -0.383 e. The van der Waals surface area contributed by atoms with Crippen molar-refractivity contribution in [2.24, 2.45) is 0 Å². The average molecular weight is 255 g/mol. The van der Waals surface area contributed by atoms with Crippen LogP contribution in [0.15, 0.2) is 6.20 Å². The molecule has 18 heavy (non-hydrogen) atoms. The maximum Gasteiger partial charge on any atom is 0.221 e. The molecule has 0 aliphatic heterocycles. The number of nitrogen functional groups attached to an aromatic ring is 2. The molecule has 0 aliphatic carbocycles. The summed E-state index contributed by atoms with van der Waals surface area (Å²) in [5.74, 6) is 0.610. The molecule has 4 N–H and O–H groups in total. The molecule has 7 heteroatoms. The van der Waals surface area contributed by atoms with E-state index in [4.69, 9.17) is 20.9 Å². The zero-order valence-electron chi connectivity index (χ0n) is 10.9. The van der Waals surface area contributed by atoms with E-state index in [0.29, 0.717) is 25.6 Å². The Labute approximate surface area is 107 Å². The van der Waals surface area contributed by atoms with Gasteiger partial charge in [-0.05, 0) is 0 Å². The second-order valence-corrected chi connectivity index (χ2v) is 3.90. The highest BCUT2D eigenvalue weighted by Gasteiger charge is 2.09. The molecule has 1 heterocycles. The highest BCUT2D eigenvalue weighted by atomic mass is 16.5. The smallest absolute Gasteiger partial charge is 0.221 e. The number of methoxy groups -OCH3 is 2. The molecule has 0 radical (unpaired) electrons. The molecule has 0 aromatic carbocycles. The van der Waals surface area contributed by atoms with Gasteiger partial charge in [0.05, 0.1) is 13.2 Å². The van der Waals surface area contributed by atoms with Crippen molar-refractivity contribution >= 4 is 11.8 Å². The van der Waals surface area contributed by atoms with Crippen LogP contribution >= 0.6 is 0 Å². The van der Waals surface area contributed by atoms with Gasteiger partial charge in [-0.1, -0.05) is 0 Å². The molecule has 0 unspecified atom stereocenters. The van der Waals surface area contributed by atoms with Gasteiger partial charge in [-0.15, -0.1) is 0 Å². The number of anilines is 2. The Morgan fingerprint density at radius 3 is 2.28 bits per heavy atom. The van der Waals surface area contributed by atoms with Gasteiger partial charge in [0.2, 0.25) is 5.95 Å². The van der Waals surface area contributed by atoms with Crippen LogP contribution in [-0.4, -0.2) is 55.4 Å². The van der Waals surface area contributed by atoms with Crippen LogP contribution in [-0.2, 0) is 16.0 Å². The lowest BCUT2D eigenvalue weighted by Gasteiger charge is -2.21. The van der Waals surface area contributed by atoms with Crippen molar-refractivity contribution < 1.29 is 9.47 Å². The Morgan fingerprint density at radius 2 is 1.78 bits per heavy atom. The number of hydrogen-bond donors (Lipinski definition) is 2. The summed E-state index contributed by atoms with van der Waals surface area (Å²) in [6.07, 6.45) is 1.66. The molecule has 7 nitrogen and oxygen atoms in total. The fraction of sp³-hybridized carbons (Fsp3) is 0.636. The van der Waals surface area contributed by atoms with Gasteiger partial charge < -0.3 is 20.9 Å². The van der Waals surface area contributed by atoms with Crippen molar-refractivity contribution in [3.8, 4) is 0 Å². The monoisotopic (exact) mass is 255 g/mol. The van der Waals surface area contributed by atoms with Gasteiger partial charge in [0.15, 0.2) is 0 Å². The minimum absolute atomic E-state index is 0.191. The highest BCUT2D eigenvalue weighted by molar-refractivity contribution is 5.41. The summed E-state index contributed by atoms with van der Waals surface area (Å²) in [6.45, 7) is 3.55. The number of nitrogens with two attached hydrogens (primary N) is 2. The van der Waals surface area contributed by atoms with Crippen molar-refractivity contribution in [2.75, 3.05) is 52.0 Å². The SMILES string of the molecule is COCCN(CCOC)Cc1cnc(N)nc1N. The first kappa shape index (κ1) is 14.6. The number of aromatic nitrogens is 2. The Balaban J connectivity index is 2.62. The largest absolute Gasteiger partial charge is 0.383 e. The van der Waals surface area contributed by atoms with Gasteiger partial charge in [0, 0.05) is 45.6 Å². The molecule has 0 amide bonds. The van der Waals surface area contributed by atoms with E-state index < -0.39 is 0 Å². The van der Waals surface area contributed by atoms with Gasteiger partial charge in [-0.2, -0.15) is 4.98 Å². The Hall–Kier alpha value is -1.44. The molecule has 0 saturated carbocycles. The number of nitrogens with zero attached hydrogens (tertiary/aromatic N) is 3. The summed E-state index contributed by atoms with van der Waals surface area (Å²) >= 11 is 0. The summed E-state index contributed by atoms with van der Waals surface area (Å²) in [5, 5.41) is 0. The maximum atomic E-state index is 5.81. The molecule has 1 rings (SSSR count). The lowest BCUT2D eigenvalue weighted by Crippen LogP contribution is -2.30. The Bertz CT molecular complexity index is 353. The third kappa shape index (κ3) is 4.82. The molecule has 0 bridgehead atoms. The summed E-state index contributed by atoms with van der Waals surface area (Å²) in [4.78, 5) is 10.1. The van der Waals surface area contributed by atoms with Crippen LogP contribution in [0.25, 0.3) is 0 Å². The van der Waals surface area contributed by atoms with Crippen LogP contribution in [0.4, 0.5) is 11.8 Å². The fourth-order valence-corrected chi connectivity index (χ4v) is 1.51. The molecular formula is C11H21N5O2. The average Bonchev–Trinajstić information content (AvgIpc) is 2.35. The second kappa shape index (κ2) is 7.80. The minimum atomic E-state index is 0.191. The lowest BCUT2D eigenvalue weighted by atomic mass is 10.3. The van der Waals surface area contributed by atoms with E-state index >= 15 is 0 Å². The van der Waals surface area contributed by atoms with E-state index in [9.17, 15) is 0 Å². The van der Waals surface area contributed by atoms with Crippen molar-refractivity contribution in [2.45, 2.75) is 6.54 Å². The number of rotatable bonds is 8. The van der Waals surface area contributed by atoms with E-state index in [0.717, 1.165) is 18.7 Å². The van der Waals surface area contributed by atoms with Gasteiger partial charge in [-0.3, -0.25) is 4.90 Å². The Morgan fingerprint density at radius 1 is 1.17 bits per heavy atom. The lowest BCUT2D eigenvalue weighted by molar-refractivity contribution is 0.110. The van der Waals surface area contributed by atoms with Crippen molar-refractivity contribution in [3.63, 3.8) is 0 Å². The third-order valence-corrected chi connectivity index (χ3v) is 2.53. The highest BCUT2D eigenvalue weighted by Crippen LogP contribution is 2.11. The van der Waals surface area contributed by atoms with Gasteiger partial charge >= 0.3 is 0 Å². The summed E-state index contributed by atoms with van der Waals surface area (Å²) in [7, 11) is 3.35. The molecular weight excluding hydrogens is 234 g/mol. The van der Waals surface area contributed by atoms with Crippen molar-refractivity contribution in [1.29, 1.82) is 0 Å². The summed E-state index contributed by atoms with van der Waals surface area (Å²) < 4.78 is 10.1. The fourth-order valence-electron chi connectivity index (χ4n) is 1.51. The molecule has 0 aliphatic rings. The standard InChI is InChI=1S/C11H21N5O2/c1-17-5-3-16(4-6-18-2)8-9-7-14-11(13)15-10(9)12/h7H,3-6,8H2,1-2H3,(H4,12,13,14,15). The second-order valence-electron chi connectivity index (χ2n) is 3.90. The van der Waals surface area contributed by atoms with Crippen LogP contribution in [0.2, 0.25) is 0 Å². The van der Waals surface area contributed by atoms with Crippen LogP contribution < -0.4 is 11.5 Å². The molecule has 1 aromatic heterocycles. The van der Waals surface area contributed by atoms with Gasteiger partial charge in [0.1, 0.15) is 5.82 Å². The Kier molecular flexibility index (Phi) is 6.34. The normalized spacial score (nSPS) is 11.1. The first-order valence-corrected chi connectivity index (χ1v) is 5.74. The van der Waals surface area contributed by atoms with Gasteiger partial charge in [-0.25, -0.2) is 4.98 Å². The van der Waals surface area contributed by atoms with Crippen LogP contribution in [0, 0.1) is 0 Å². The third-order valence-electron chi connectivity index (χ3n) is 2.53. The number of hydrogen-bond acceptors (Lipinski definition) is 7. The first-order valence-electron chi connectivity index (χ1n) is 5.74. The van der Waals surface area contributed by atoms with E-state index in [1.807, 2.05) is 0 Å². The van der Waals surface area contributed by atoms with E-state index in [1.165, 1.54) is 0 Å². The molecule has 0 fully saturated rings. The van der Waals surface area contributed by atoms with Crippen molar-refractivity contribution in [1.82, 2.24) is 14.9 Å². The van der Waals surface area contributed by atoms with Crippen molar-refractivity contribution in [3.05, 3.63) is 11.8 Å². The molecule has 0 saturated heterocycles. The van der Waals surface area contributed by atoms with Crippen LogP contribution in [0.5, 0.6) is 0 Å².